The van der Waals surface area contributed by atoms with Gasteiger partial charge in [0, 0.05) is 44.2 Å². The number of hydrogen-bond donors (Lipinski definition) is 1. The molecule has 0 saturated carbocycles. The summed E-state index contributed by atoms with van der Waals surface area (Å²) in [5, 5.41) is 13.1. The summed E-state index contributed by atoms with van der Waals surface area (Å²) in [6.45, 7) is 11.3. The largest absolute Gasteiger partial charge is 0.465 e. The molecule has 0 saturated heterocycles. The molecule has 4 aliphatic carbocycles. The monoisotopic (exact) mass is 501 g/mol. The molecule has 0 aromatic rings. The van der Waals surface area contributed by atoms with Crippen molar-refractivity contribution >= 4 is 14.2 Å². The van der Waals surface area contributed by atoms with Crippen molar-refractivity contribution in [3.05, 3.63) is 92.2 Å². The van der Waals surface area contributed by atoms with Gasteiger partial charge in [0.15, 0.2) is 0 Å². The van der Waals surface area contributed by atoms with Crippen molar-refractivity contribution in [2.45, 2.75) is 45.8 Å². The molecule has 0 aromatic carbocycles. The molecule has 36 heavy (non-hydrogen) atoms. The second-order valence-electron chi connectivity index (χ2n) is 11.1. The molecule has 1 amide bonds. The summed E-state index contributed by atoms with van der Waals surface area (Å²) in [6, 6.07) is 0.293. The Morgan fingerprint density at radius 1 is 1.17 bits per heavy atom. The lowest BCUT2D eigenvalue weighted by Crippen LogP contribution is -2.45. The van der Waals surface area contributed by atoms with Crippen molar-refractivity contribution in [3.8, 4) is 0 Å². The van der Waals surface area contributed by atoms with Gasteiger partial charge in [-0.15, -0.1) is 0 Å². The van der Waals surface area contributed by atoms with Gasteiger partial charge >= 0.3 is 6.09 Å². The van der Waals surface area contributed by atoms with Crippen LogP contribution in [-0.4, -0.2) is 74.2 Å². The number of nitrogens with zero attached hydrogens (tertiary/aromatic N) is 3. The van der Waals surface area contributed by atoms with Crippen LogP contribution in [0.3, 0.4) is 0 Å². The van der Waals surface area contributed by atoms with E-state index in [0.717, 1.165) is 37.2 Å². The predicted molar refractivity (Wildman–Crippen MR) is 150 cm³/mol. The lowest BCUT2D eigenvalue weighted by molar-refractivity contribution is 0.166. The molecule has 2 unspecified atom stereocenters. The molecular weight excluding hydrogens is 462 g/mol. The van der Waals surface area contributed by atoms with Crippen LogP contribution in [0.5, 0.6) is 0 Å². The van der Waals surface area contributed by atoms with Gasteiger partial charge in [-0.2, -0.15) is 0 Å². The molecular formula is C30H39N3O2Si. The Morgan fingerprint density at radius 3 is 2.53 bits per heavy atom. The van der Waals surface area contributed by atoms with Crippen LogP contribution in [0.15, 0.2) is 92.2 Å². The fraction of sp³-hybridized carbons (Fsp3) is 0.433. The van der Waals surface area contributed by atoms with Crippen LogP contribution in [-0.2, 0) is 0 Å². The van der Waals surface area contributed by atoms with E-state index < -0.39 is 14.2 Å². The van der Waals surface area contributed by atoms with Gasteiger partial charge < -0.3 is 10.0 Å². The molecule has 190 valence electrons. The van der Waals surface area contributed by atoms with Gasteiger partial charge in [0.2, 0.25) is 0 Å². The highest BCUT2D eigenvalue weighted by Crippen LogP contribution is 2.57. The number of likely N-dealkylation sites (N-methyl/N-ethyl adjacent to an activating group) is 2. The molecule has 1 N–H and O–H groups in total. The number of rotatable bonds is 5. The molecule has 0 bridgehead atoms. The normalized spacial score (nSPS) is 25.7. The van der Waals surface area contributed by atoms with E-state index in [2.05, 4.69) is 93.4 Å². The number of amides is 1. The lowest BCUT2D eigenvalue weighted by atomic mass is 9.68. The molecule has 5 aliphatic rings. The Bertz CT molecular complexity index is 1260. The smallest absolute Gasteiger partial charge is 0.411 e. The minimum Gasteiger partial charge on any atom is -0.465 e. The number of carbonyl (C=O) groups is 1. The average Bonchev–Trinajstić information content (AvgIpc) is 2.86. The summed E-state index contributed by atoms with van der Waals surface area (Å²) < 4.78 is 0. The minimum absolute atomic E-state index is 0.174. The summed E-state index contributed by atoms with van der Waals surface area (Å²) >= 11 is 0. The van der Waals surface area contributed by atoms with E-state index in [0.29, 0.717) is 6.04 Å². The summed E-state index contributed by atoms with van der Waals surface area (Å²) in [5.74, 6) is 0.174. The van der Waals surface area contributed by atoms with Crippen LogP contribution in [0.25, 0.3) is 0 Å². The molecule has 0 aromatic heterocycles. The zero-order valence-electron chi connectivity index (χ0n) is 22.7. The van der Waals surface area contributed by atoms with Crippen molar-refractivity contribution in [2.75, 3.05) is 34.2 Å². The number of allylic oxidation sites excluding steroid dienone is 12. The molecule has 0 spiro atoms. The maximum Gasteiger partial charge on any atom is 0.411 e. The van der Waals surface area contributed by atoms with E-state index in [1.165, 1.54) is 43.3 Å². The Hall–Kier alpha value is -2.83. The molecule has 5 rings (SSSR count). The van der Waals surface area contributed by atoms with Gasteiger partial charge in [0.1, 0.15) is 8.07 Å². The number of carboxylic acid groups (broad SMARTS) is 1. The predicted octanol–water partition coefficient (Wildman–Crippen LogP) is 5.82. The average molecular weight is 502 g/mol. The van der Waals surface area contributed by atoms with Gasteiger partial charge in [-0.05, 0) is 78.7 Å². The fourth-order valence-electron chi connectivity index (χ4n) is 6.71. The minimum atomic E-state index is -2.07. The van der Waals surface area contributed by atoms with E-state index in [1.807, 2.05) is 0 Å². The molecule has 6 heteroatoms. The van der Waals surface area contributed by atoms with Crippen LogP contribution < -0.4 is 0 Å². The van der Waals surface area contributed by atoms with E-state index in [9.17, 15) is 9.90 Å². The van der Waals surface area contributed by atoms with Crippen LogP contribution in [0, 0.1) is 5.92 Å². The maximum absolute atomic E-state index is 12.4. The zero-order chi connectivity index (χ0) is 25.9. The Kier molecular flexibility index (Phi) is 6.16. The molecule has 0 fully saturated rings. The lowest BCUT2D eigenvalue weighted by Gasteiger charge is -2.49. The standard InChI is InChI=1S/C30H39N3O2Si/c1-8-33(9-2)20-16-24-28-26(18-20)36(6,7)25-17-19(31(3)4)14-15-23(25)27(28)21-12-10-11-13-22(21)29(24)32(5)30(34)35/h10-11,13-15,17-19,21H,8-9,12,16H2,1-7H3,(H,34,35). The van der Waals surface area contributed by atoms with E-state index in [1.54, 1.807) is 7.05 Å². The quantitative estimate of drug-likeness (QED) is 0.483. The first-order valence-electron chi connectivity index (χ1n) is 13.2. The first-order chi connectivity index (χ1) is 17.1. The number of fused-ring (bicyclic) bond motifs is 3. The highest BCUT2D eigenvalue weighted by atomic mass is 28.3. The summed E-state index contributed by atoms with van der Waals surface area (Å²) in [5.41, 5.74) is 8.71. The molecule has 2 atom stereocenters. The van der Waals surface area contributed by atoms with E-state index in [-0.39, 0.29) is 5.92 Å². The van der Waals surface area contributed by atoms with Crippen molar-refractivity contribution in [3.63, 3.8) is 0 Å². The highest BCUT2D eigenvalue weighted by molar-refractivity contribution is 6.92. The van der Waals surface area contributed by atoms with Gasteiger partial charge in [0.05, 0.1) is 5.70 Å². The maximum atomic E-state index is 12.4. The Labute approximate surface area is 216 Å². The third-order valence-electron chi connectivity index (χ3n) is 8.69. The van der Waals surface area contributed by atoms with Gasteiger partial charge in [0.25, 0.3) is 0 Å². The van der Waals surface area contributed by atoms with Gasteiger partial charge in [-0.25, -0.2) is 4.79 Å². The van der Waals surface area contributed by atoms with E-state index >= 15 is 0 Å². The summed E-state index contributed by atoms with van der Waals surface area (Å²) in [4.78, 5) is 18.5. The van der Waals surface area contributed by atoms with Crippen LogP contribution in [0.1, 0.15) is 26.7 Å². The molecule has 1 aliphatic heterocycles. The molecule has 5 nitrogen and oxygen atoms in total. The van der Waals surface area contributed by atoms with Crippen LogP contribution in [0.4, 0.5) is 4.79 Å². The second-order valence-corrected chi connectivity index (χ2v) is 15.5. The van der Waals surface area contributed by atoms with Gasteiger partial charge in [-0.1, -0.05) is 49.6 Å². The Morgan fingerprint density at radius 2 is 1.89 bits per heavy atom. The zero-order valence-corrected chi connectivity index (χ0v) is 23.7. The third kappa shape index (κ3) is 3.57. The second kappa shape index (κ2) is 8.93. The summed E-state index contributed by atoms with van der Waals surface area (Å²) in [6.07, 6.45) is 17.0. The van der Waals surface area contributed by atoms with Crippen molar-refractivity contribution in [1.29, 1.82) is 0 Å². The highest BCUT2D eigenvalue weighted by Gasteiger charge is 2.48. The van der Waals surface area contributed by atoms with Crippen molar-refractivity contribution in [2.24, 2.45) is 5.92 Å². The topological polar surface area (TPSA) is 47.0 Å². The fourth-order valence-corrected chi connectivity index (χ4v) is 9.92. The van der Waals surface area contributed by atoms with Crippen LogP contribution in [0.2, 0.25) is 13.1 Å². The van der Waals surface area contributed by atoms with E-state index in [4.69, 9.17) is 0 Å². The summed E-state index contributed by atoms with van der Waals surface area (Å²) in [7, 11) is 3.94. The third-order valence-corrected chi connectivity index (χ3v) is 12.2. The first-order valence-corrected chi connectivity index (χ1v) is 16.2. The first kappa shape index (κ1) is 24.8. The van der Waals surface area contributed by atoms with Crippen molar-refractivity contribution in [1.82, 2.24) is 14.7 Å². The SMILES string of the molecule is CCN(CC)C1=CC2=C3C(=C(N(C)C(=O)O)C4=CC=CCC4C3=C3C=CC(N(C)C)C=C3[Si]2(C)C)C1. The molecule has 0 radical (unpaired) electrons. The number of hydrogen-bond acceptors (Lipinski definition) is 3. The van der Waals surface area contributed by atoms with Gasteiger partial charge in [-0.3, -0.25) is 9.80 Å². The molecule has 1 heterocycles. The van der Waals surface area contributed by atoms with Crippen LogP contribution >= 0.6 is 0 Å². The van der Waals surface area contributed by atoms with Crippen molar-refractivity contribution < 1.29 is 9.90 Å². The Balaban J connectivity index is 1.88.